The van der Waals surface area contributed by atoms with Gasteiger partial charge in [0, 0.05) is 12.6 Å². The number of benzene rings is 1. The van der Waals surface area contributed by atoms with Crippen LogP contribution in [0.25, 0.3) is 0 Å². The Morgan fingerprint density at radius 1 is 1.44 bits per heavy atom. The molecule has 1 N–H and O–H groups in total. The minimum atomic E-state index is -0.519. The van der Waals surface area contributed by atoms with Crippen LogP contribution in [0.4, 0.5) is 4.79 Å². The Morgan fingerprint density at radius 2 is 2.11 bits per heavy atom. The third-order valence-electron chi connectivity index (χ3n) is 2.89. The zero-order valence-electron chi connectivity index (χ0n) is 10.6. The standard InChI is InChI=1S/C14H19NO3/c1-11(16)9-15(13-7-8-13)14(17)18-10-12-5-3-2-4-6-12/h2-6,11,13,16H,7-10H2,1H3/t11-/m0/s1. The first-order valence-corrected chi connectivity index (χ1v) is 6.32. The van der Waals surface area contributed by atoms with Crippen LogP contribution >= 0.6 is 0 Å². The summed E-state index contributed by atoms with van der Waals surface area (Å²) < 4.78 is 5.27. The van der Waals surface area contributed by atoms with Crippen molar-refractivity contribution in [2.45, 2.75) is 38.5 Å². The molecule has 2 rings (SSSR count). The molecule has 0 unspecified atom stereocenters. The maximum absolute atomic E-state index is 11.9. The fourth-order valence-electron chi connectivity index (χ4n) is 1.85. The summed E-state index contributed by atoms with van der Waals surface area (Å²) in [7, 11) is 0. The summed E-state index contributed by atoms with van der Waals surface area (Å²) in [5.74, 6) is 0. The summed E-state index contributed by atoms with van der Waals surface area (Å²) in [5, 5.41) is 9.38. The molecule has 1 atom stereocenters. The molecule has 0 spiro atoms. The molecule has 1 fully saturated rings. The summed E-state index contributed by atoms with van der Waals surface area (Å²) in [5.41, 5.74) is 0.971. The molecule has 0 aromatic heterocycles. The van der Waals surface area contributed by atoms with Crippen LogP contribution in [0.15, 0.2) is 30.3 Å². The molecule has 18 heavy (non-hydrogen) atoms. The maximum atomic E-state index is 11.9. The van der Waals surface area contributed by atoms with Gasteiger partial charge in [-0.15, -0.1) is 0 Å². The smallest absolute Gasteiger partial charge is 0.410 e. The van der Waals surface area contributed by atoms with Crippen LogP contribution in [0.5, 0.6) is 0 Å². The lowest BCUT2D eigenvalue weighted by Crippen LogP contribution is -2.38. The predicted octanol–water partition coefficient (Wildman–Crippen LogP) is 2.17. The zero-order chi connectivity index (χ0) is 13.0. The molecule has 1 aliphatic rings. The molecule has 98 valence electrons. The molecule has 0 radical (unpaired) electrons. The fourth-order valence-corrected chi connectivity index (χ4v) is 1.85. The molecule has 1 amide bonds. The topological polar surface area (TPSA) is 49.8 Å². The Balaban J connectivity index is 1.85. The average molecular weight is 249 g/mol. The van der Waals surface area contributed by atoms with E-state index in [1.165, 1.54) is 0 Å². The quantitative estimate of drug-likeness (QED) is 0.870. The molecule has 0 heterocycles. The van der Waals surface area contributed by atoms with Crippen LogP contribution in [0, 0.1) is 0 Å². The van der Waals surface area contributed by atoms with Gasteiger partial charge in [-0.1, -0.05) is 30.3 Å². The highest BCUT2D eigenvalue weighted by molar-refractivity contribution is 5.68. The van der Waals surface area contributed by atoms with E-state index in [0.717, 1.165) is 18.4 Å². The minimum absolute atomic E-state index is 0.253. The van der Waals surface area contributed by atoms with Gasteiger partial charge in [0.15, 0.2) is 0 Å². The van der Waals surface area contributed by atoms with E-state index in [2.05, 4.69) is 0 Å². The number of hydrogen-bond donors (Lipinski definition) is 1. The van der Waals surface area contributed by atoms with Gasteiger partial charge in [0.2, 0.25) is 0 Å². The predicted molar refractivity (Wildman–Crippen MR) is 68.0 cm³/mol. The number of amides is 1. The second kappa shape index (κ2) is 5.87. The van der Waals surface area contributed by atoms with E-state index in [9.17, 15) is 9.90 Å². The van der Waals surface area contributed by atoms with Gasteiger partial charge in [-0.05, 0) is 25.3 Å². The fraction of sp³-hybridized carbons (Fsp3) is 0.500. The van der Waals surface area contributed by atoms with E-state index < -0.39 is 6.10 Å². The van der Waals surface area contributed by atoms with Crippen molar-refractivity contribution in [2.24, 2.45) is 0 Å². The van der Waals surface area contributed by atoms with Gasteiger partial charge < -0.3 is 14.7 Å². The normalized spacial score (nSPS) is 16.1. The molecule has 0 bridgehead atoms. The highest BCUT2D eigenvalue weighted by Gasteiger charge is 2.34. The summed E-state index contributed by atoms with van der Waals surface area (Å²) in [4.78, 5) is 13.6. The van der Waals surface area contributed by atoms with Crippen LogP contribution in [-0.4, -0.2) is 34.8 Å². The molecule has 1 saturated carbocycles. The molecule has 0 saturated heterocycles. The first-order valence-electron chi connectivity index (χ1n) is 6.32. The number of carbonyl (C=O) groups excluding carboxylic acids is 1. The van der Waals surface area contributed by atoms with Crippen molar-refractivity contribution < 1.29 is 14.6 Å². The zero-order valence-corrected chi connectivity index (χ0v) is 10.6. The summed E-state index contributed by atoms with van der Waals surface area (Å²) in [6.45, 7) is 2.31. The molecule has 1 aliphatic carbocycles. The van der Waals surface area contributed by atoms with E-state index in [1.54, 1.807) is 11.8 Å². The van der Waals surface area contributed by atoms with Gasteiger partial charge in [-0.3, -0.25) is 0 Å². The van der Waals surface area contributed by atoms with Crippen molar-refractivity contribution in [3.8, 4) is 0 Å². The molecule has 4 nitrogen and oxygen atoms in total. The van der Waals surface area contributed by atoms with Crippen molar-refractivity contribution >= 4 is 6.09 Å². The summed E-state index contributed by atoms with van der Waals surface area (Å²) in [6.07, 6.45) is 1.16. The van der Waals surface area contributed by atoms with Gasteiger partial charge in [-0.2, -0.15) is 0 Å². The van der Waals surface area contributed by atoms with Gasteiger partial charge in [0.05, 0.1) is 6.10 Å². The Hall–Kier alpha value is -1.55. The molecular weight excluding hydrogens is 230 g/mol. The van der Waals surface area contributed by atoms with Gasteiger partial charge in [0.1, 0.15) is 6.61 Å². The maximum Gasteiger partial charge on any atom is 0.410 e. The number of aliphatic hydroxyl groups excluding tert-OH is 1. The molecule has 4 heteroatoms. The summed E-state index contributed by atoms with van der Waals surface area (Å²) in [6, 6.07) is 9.85. The first kappa shape index (κ1) is 12.9. The van der Waals surface area contributed by atoms with Crippen molar-refractivity contribution in [1.29, 1.82) is 0 Å². The number of aliphatic hydroxyl groups is 1. The number of nitrogens with zero attached hydrogens (tertiary/aromatic N) is 1. The average Bonchev–Trinajstić information content (AvgIpc) is 3.18. The van der Waals surface area contributed by atoms with Crippen LogP contribution in [0.2, 0.25) is 0 Å². The number of rotatable bonds is 5. The third-order valence-corrected chi connectivity index (χ3v) is 2.89. The van der Waals surface area contributed by atoms with Gasteiger partial charge in [0.25, 0.3) is 0 Å². The van der Waals surface area contributed by atoms with Gasteiger partial charge in [-0.25, -0.2) is 4.79 Å². The van der Waals surface area contributed by atoms with Crippen molar-refractivity contribution in [3.05, 3.63) is 35.9 Å². The van der Waals surface area contributed by atoms with Crippen molar-refractivity contribution in [3.63, 3.8) is 0 Å². The van der Waals surface area contributed by atoms with E-state index in [0.29, 0.717) is 6.54 Å². The molecule has 1 aromatic rings. The van der Waals surface area contributed by atoms with Crippen LogP contribution < -0.4 is 0 Å². The lowest BCUT2D eigenvalue weighted by molar-refractivity contribution is 0.0703. The molecule has 0 aliphatic heterocycles. The van der Waals surface area contributed by atoms with E-state index >= 15 is 0 Å². The summed E-state index contributed by atoms with van der Waals surface area (Å²) >= 11 is 0. The SMILES string of the molecule is C[C@H](O)CN(C(=O)OCc1ccccc1)C1CC1. The number of carbonyl (C=O) groups is 1. The van der Waals surface area contributed by atoms with E-state index in [-0.39, 0.29) is 18.7 Å². The number of hydrogen-bond acceptors (Lipinski definition) is 3. The third kappa shape index (κ3) is 3.74. The van der Waals surface area contributed by atoms with Crippen molar-refractivity contribution in [2.75, 3.05) is 6.54 Å². The van der Waals surface area contributed by atoms with Crippen LogP contribution in [0.1, 0.15) is 25.3 Å². The van der Waals surface area contributed by atoms with Crippen LogP contribution in [-0.2, 0) is 11.3 Å². The molecular formula is C14H19NO3. The van der Waals surface area contributed by atoms with E-state index in [4.69, 9.17) is 4.74 Å². The van der Waals surface area contributed by atoms with Crippen molar-refractivity contribution in [1.82, 2.24) is 4.90 Å². The Kier molecular flexibility index (Phi) is 4.20. The Labute approximate surface area is 107 Å². The monoisotopic (exact) mass is 249 g/mol. The second-order valence-corrected chi connectivity index (χ2v) is 4.77. The Morgan fingerprint density at radius 3 is 2.67 bits per heavy atom. The van der Waals surface area contributed by atoms with E-state index in [1.807, 2.05) is 30.3 Å². The second-order valence-electron chi connectivity index (χ2n) is 4.77. The first-order chi connectivity index (χ1) is 8.66. The highest BCUT2D eigenvalue weighted by atomic mass is 16.6. The lowest BCUT2D eigenvalue weighted by atomic mass is 10.2. The van der Waals surface area contributed by atoms with Crippen LogP contribution in [0.3, 0.4) is 0 Å². The Bertz CT molecular complexity index is 387. The van der Waals surface area contributed by atoms with Gasteiger partial charge >= 0.3 is 6.09 Å². The lowest BCUT2D eigenvalue weighted by Gasteiger charge is -2.23. The number of ether oxygens (including phenoxy) is 1. The largest absolute Gasteiger partial charge is 0.445 e. The molecule has 1 aromatic carbocycles. The minimum Gasteiger partial charge on any atom is -0.445 e. The highest BCUT2D eigenvalue weighted by Crippen LogP contribution is 2.27.